The Bertz CT molecular complexity index is 1260. The number of hydrazone groups is 1. The molecule has 0 aliphatic rings. The van der Waals surface area contributed by atoms with Crippen LogP contribution in [0.3, 0.4) is 0 Å². The molecule has 0 atom stereocenters. The second-order valence-corrected chi connectivity index (χ2v) is 8.16. The topological polar surface area (TPSA) is 72.8 Å². The number of amides is 1. The minimum Gasteiger partial charge on any atom is -0.493 e. The zero-order valence-electron chi connectivity index (χ0n) is 18.1. The average molecular weight is 458 g/mol. The van der Waals surface area contributed by atoms with E-state index in [1.807, 2.05) is 18.2 Å². The molecule has 3 aromatic carbocycles. The van der Waals surface area contributed by atoms with Gasteiger partial charge in [0.1, 0.15) is 0 Å². The Labute approximate surface area is 196 Å². The number of nitrogens with zero attached hydrogens (tertiary/aromatic N) is 2. The summed E-state index contributed by atoms with van der Waals surface area (Å²) in [5, 5.41) is 6.50. The van der Waals surface area contributed by atoms with Crippen molar-refractivity contribution in [1.82, 2.24) is 10.4 Å². The van der Waals surface area contributed by atoms with Crippen molar-refractivity contribution in [3.05, 3.63) is 96.3 Å². The molecule has 1 heterocycles. The van der Waals surface area contributed by atoms with Gasteiger partial charge in [-0.15, -0.1) is 11.8 Å². The Morgan fingerprint density at radius 3 is 2.70 bits per heavy atom. The quantitative estimate of drug-likeness (QED) is 0.162. The number of ether oxygens (including phenoxy) is 2. The Morgan fingerprint density at radius 1 is 1.03 bits per heavy atom. The number of rotatable bonds is 9. The van der Waals surface area contributed by atoms with E-state index < -0.39 is 0 Å². The number of pyridine rings is 1. The highest BCUT2D eigenvalue weighted by Gasteiger charge is 2.07. The maximum Gasteiger partial charge on any atom is 0.271 e. The van der Waals surface area contributed by atoms with Crippen LogP contribution in [0.15, 0.2) is 95.2 Å². The van der Waals surface area contributed by atoms with Crippen molar-refractivity contribution in [1.29, 1.82) is 0 Å². The maximum atomic E-state index is 12.0. The molecule has 33 heavy (non-hydrogen) atoms. The Hall–Kier alpha value is -3.84. The lowest BCUT2D eigenvalue weighted by Crippen LogP contribution is -2.17. The second kappa shape index (κ2) is 11.2. The molecule has 1 amide bonds. The van der Waals surface area contributed by atoms with Crippen LogP contribution in [0.2, 0.25) is 0 Å². The summed E-state index contributed by atoms with van der Waals surface area (Å²) >= 11 is 1.77. The fourth-order valence-electron chi connectivity index (χ4n) is 3.24. The first kappa shape index (κ1) is 22.4. The number of nitrogens with one attached hydrogen (secondary N) is 1. The van der Waals surface area contributed by atoms with Crippen LogP contribution in [-0.4, -0.2) is 36.6 Å². The minimum atomic E-state index is -0.302. The predicted octanol–water partition coefficient (Wildman–Crippen LogP) is 5.18. The molecule has 0 aliphatic heterocycles. The number of carbonyl (C=O) groups is 1. The third kappa shape index (κ3) is 5.90. The zero-order chi connectivity index (χ0) is 22.9. The third-order valence-electron chi connectivity index (χ3n) is 4.86. The molecule has 166 valence electrons. The van der Waals surface area contributed by atoms with E-state index in [4.69, 9.17) is 9.47 Å². The summed E-state index contributed by atoms with van der Waals surface area (Å²) in [7, 11) is 1.60. The van der Waals surface area contributed by atoms with Gasteiger partial charge in [-0.3, -0.25) is 9.78 Å². The average Bonchev–Trinajstić information content (AvgIpc) is 2.87. The molecule has 0 radical (unpaired) electrons. The SMILES string of the molecule is COc1cc(C=NNC(=O)c2ccncc2)ccc1OCCSc1cccc2ccccc12. The van der Waals surface area contributed by atoms with Crippen molar-refractivity contribution in [2.45, 2.75) is 4.90 Å². The zero-order valence-corrected chi connectivity index (χ0v) is 18.9. The van der Waals surface area contributed by atoms with Crippen LogP contribution in [-0.2, 0) is 0 Å². The summed E-state index contributed by atoms with van der Waals surface area (Å²) in [6, 6.07) is 23.5. The first-order valence-corrected chi connectivity index (χ1v) is 11.4. The first-order chi connectivity index (χ1) is 16.2. The standard InChI is InChI=1S/C26H23N3O3S/c1-31-24-17-19(18-28-29-26(30)21-11-13-27-14-12-21)9-10-23(24)32-15-16-33-25-8-4-6-20-5-2-3-7-22(20)25/h2-14,17-18H,15-16H2,1H3,(H,29,30). The van der Waals surface area contributed by atoms with Gasteiger partial charge in [0.2, 0.25) is 0 Å². The van der Waals surface area contributed by atoms with E-state index in [-0.39, 0.29) is 5.91 Å². The summed E-state index contributed by atoms with van der Waals surface area (Å²) in [4.78, 5) is 17.2. The lowest BCUT2D eigenvalue weighted by atomic mass is 10.1. The number of aromatic nitrogens is 1. The largest absolute Gasteiger partial charge is 0.493 e. The van der Waals surface area contributed by atoms with E-state index in [9.17, 15) is 4.79 Å². The summed E-state index contributed by atoms with van der Waals surface area (Å²) in [5.74, 6) is 1.77. The normalized spacial score (nSPS) is 10.9. The summed E-state index contributed by atoms with van der Waals surface area (Å²) < 4.78 is 11.4. The molecular formula is C26H23N3O3S. The molecule has 4 rings (SSSR count). The molecule has 0 saturated heterocycles. The van der Waals surface area contributed by atoms with Crippen LogP contribution >= 0.6 is 11.8 Å². The van der Waals surface area contributed by atoms with Crippen molar-refractivity contribution in [2.24, 2.45) is 5.10 Å². The molecular weight excluding hydrogens is 434 g/mol. The smallest absolute Gasteiger partial charge is 0.271 e. The van der Waals surface area contributed by atoms with Crippen LogP contribution in [0.4, 0.5) is 0 Å². The van der Waals surface area contributed by atoms with E-state index in [1.165, 1.54) is 15.7 Å². The number of thioether (sulfide) groups is 1. The number of methoxy groups -OCH3 is 1. The van der Waals surface area contributed by atoms with Crippen LogP contribution < -0.4 is 14.9 Å². The van der Waals surface area contributed by atoms with Gasteiger partial charge >= 0.3 is 0 Å². The van der Waals surface area contributed by atoms with E-state index in [0.717, 1.165) is 11.3 Å². The highest BCUT2D eigenvalue weighted by molar-refractivity contribution is 7.99. The fourth-order valence-corrected chi connectivity index (χ4v) is 4.14. The lowest BCUT2D eigenvalue weighted by molar-refractivity contribution is 0.0955. The second-order valence-electron chi connectivity index (χ2n) is 7.02. The molecule has 0 unspecified atom stereocenters. The van der Waals surface area contributed by atoms with Crippen LogP contribution in [0.25, 0.3) is 10.8 Å². The van der Waals surface area contributed by atoms with Gasteiger partial charge in [-0.2, -0.15) is 5.10 Å². The number of carbonyl (C=O) groups excluding carboxylic acids is 1. The van der Waals surface area contributed by atoms with Gasteiger partial charge < -0.3 is 9.47 Å². The maximum absolute atomic E-state index is 12.0. The molecule has 1 aromatic heterocycles. The number of benzene rings is 3. The lowest BCUT2D eigenvalue weighted by Gasteiger charge is -2.12. The van der Waals surface area contributed by atoms with E-state index in [1.54, 1.807) is 49.6 Å². The van der Waals surface area contributed by atoms with E-state index in [2.05, 4.69) is 58.0 Å². The number of hydrogen-bond donors (Lipinski definition) is 1. The van der Waals surface area contributed by atoms with Gasteiger partial charge in [0.05, 0.1) is 19.9 Å². The van der Waals surface area contributed by atoms with Crippen molar-refractivity contribution in [2.75, 3.05) is 19.5 Å². The third-order valence-corrected chi connectivity index (χ3v) is 5.90. The summed E-state index contributed by atoms with van der Waals surface area (Å²) in [6.45, 7) is 0.541. The van der Waals surface area contributed by atoms with Gasteiger partial charge in [0.25, 0.3) is 5.91 Å². The molecule has 0 bridgehead atoms. The molecule has 0 spiro atoms. The highest BCUT2D eigenvalue weighted by Crippen LogP contribution is 2.30. The molecule has 7 heteroatoms. The Balaban J connectivity index is 1.31. The monoisotopic (exact) mass is 457 g/mol. The van der Waals surface area contributed by atoms with Crippen LogP contribution in [0, 0.1) is 0 Å². The molecule has 4 aromatic rings. The summed E-state index contributed by atoms with van der Waals surface area (Å²) in [5.41, 5.74) is 3.77. The van der Waals surface area contributed by atoms with Gasteiger partial charge in [0, 0.05) is 28.6 Å². The molecule has 0 saturated carbocycles. The van der Waals surface area contributed by atoms with E-state index in [0.29, 0.717) is 23.7 Å². The van der Waals surface area contributed by atoms with Crippen molar-refractivity contribution >= 4 is 34.7 Å². The van der Waals surface area contributed by atoms with Gasteiger partial charge in [-0.05, 0) is 52.7 Å². The van der Waals surface area contributed by atoms with Crippen molar-refractivity contribution < 1.29 is 14.3 Å². The summed E-state index contributed by atoms with van der Waals surface area (Å²) in [6.07, 6.45) is 4.67. The van der Waals surface area contributed by atoms with Gasteiger partial charge in [0.15, 0.2) is 11.5 Å². The Morgan fingerprint density at radius 2 is 1.85 bits per heavy atom. The first-order valence-electron chi connectivity index (χ1n) is 10.4. The molecule has 0 fully saturated rings. The minimum absolute atomic E-state index is 0.302. The van der Waals surface area contributed by atoms with Crippen molar-refractivity contribution in [3.63, 3.8) is 0 Å². The number of fused-ring (bicyclic) bond motifs is 1. The highest BCUT2D eigenvalue weighted by atomic mass is 32.2. The van der Waals surface area contributed by atoms with Crippen LogP contribution in [0.1, 0.15) is 15.9 Å². The molecule has 0 aliphatic carbocycles. The Kier molecular flexibility index (Phi) is 7.56. The van der Waals surface area contributed by atoms with Crippen molar-refractivity contribution in [3.8, 4) is 11.5 Å². The van der Waals surface area contributed by atoms with Gasteiger partial charge in [-0.25, -0.2) is 5.43 Å². The number of hydrogen-bond acceptors (Lipinski definition) is 6. The van der Waals surface area contributed by atoms with Crippen LogP contribution in [0.5, 0.6) is 11.5 Å². The molecule has 6 nitrogen and oxygen atoms in total. The fraction of sp³-hybridized carbons (Fsp3) is 0.115. The van der Waals surface area contributed by atoms with Gasteiger partial charge in [-0.1, -0.05) is 36.4 Å². The molecule has 1 N–H and O–H groups in total. The van der Waals surface area contributed by atoms with E-state index >= 15 is 0 Å². The predicted molar refractivity (Wildman–Crippen MR) is 132 cm³/mol.